The summed E-state index contributed by atoms with van der Waals surface area (Å²) in [6, 6.07) is 5.26. The van der Waals surface area contributed by atoms with Crippen LogP contribution in [-0.2, 0) is 13.0 Å². The van der Waals surface area contributed by atoms with Gasteiger partial charge in [0.2, 0.25) is 0 Å². The fraction of sp³-hybridized carbons (Fsp3) is 0.235. The lowest BCUT2D eigenvalue weighted by Crippen LogP contribution is -2.23. The van der Waals surface area contributed by atoms with E-state index in [-0.39, 0.29) is 12.5 Å². The zero-order valence-corrected chi connectivity index (χ0v) is 14.0. The van der Waals surface area contributed by atoms with E-state index in [1.165, 1.54) is 12.5 Å². The van der Waals surface area contributed by atoms with Crippen LogP contribution in [0.4, 0.5) is 0 Å². The Morgan fingerprint density at radius 1 is 1.31 bits per heavy atom. The van der Waals surface area contributed by atoms with Gasteiger partial charge in [0.15, 0.2) is 17.3 Å². The van der Waals surface area contributed by atoms with Gasteiger partial charge >= 0.3 is 0 Å². The third-order valence-electron chi connectivity index (χ3n) is 3.86. The summed E-state index contributed by atoms with van der Waals surface area (Å²) in [4.78, 5) is 16.3. The van der Waals surface area contributed by atoms with E-state index in [4.69, 9.17) is 8.94 Å². The number of aryl methyl sites for hydroxylation is 1. The Hall–Kier alpha value is -3.49. The minimum Gasteiger partial charge on any atom is -0.472 e. The van der Waals surface area contributed by atoms with Crippen molar-refractivity contribution < 1.29 is 13.7 Å². The molecule has 0 aromatic carbocycles. The van der Waals surface area contributed by atoms with E-state index in [2.05, 4.69) is 32.6 Å². The number of hydrogen-bond donors (Lipinski definition) is 1. The third kappa shape index (κ3) is 3.06. The summed E-state index contributed by atoms with van der Waals surface area (Å²) in [5.74, 6) is 1.52. The van der Waals surface area contributed by atoms with Gasteiger partial charge in [-0.2, -0.15) is 4.98 Å². The molecule has 4 rings (SSSR count). The highest BCUT2D eigenvalue weighted by molar-refractivity contribution is 5.93. The van der Waals surface area contributed by atoms with Gasteiger partial charge in [-0.25, -0.2) is 0 Å². The maximum absolute atomic E-state index is 12.0. The molecule has 132 valence electrons. The van der Waals surface area contributed by atoms with Crippen LogP contribution in [0.1, 0.15) is 35.4 Å². The third-order valence-corrected chi connectivity index (χ3v) is 3.86. The lowest BCUT2D eigenvalue weighted by atomic mass is 10.2. The van der Waals surface area contributed by atoms with Crippen LogP contribution in [-0.4, -0.2) is 30.6 Å². The zero-order valence-electron chi connectivity index (χ0n) is 14.0. The molecule has 0 radical (unpaired) electrons. The Balaban J connectivity index is 1.52. The predicted octanol–water partition coefficient (Wildman–Crippen LogP) is 2.25. The number of furan rings is 1. The van der Waals surface area contributed by atoms with E-state index in [1.807, 2.05) is 18.3 Å². The van der Waals surface area contributed by atoms with Gasteiger partial charge in [0.05, 0.1) is 18.4 Å². The van der Waals surface area contributed by atoms with Crippen molar-refractivity contribution in [2.24, 2.45) is 0 Å². The van der Waals surface area contributed by atoms with Crippen LogP contribution >= 0.6 is 0 Å². The lowest BCUT2D eigenvalue weighted by Gasteiger charge is -2.03. The first-order valence-electron chi connectivity index (χ1n) is 8.21. The van der Waals surface area contributed by atoms with Crippen LogP contribution in [0.15, 0.2) is 45.9 Å². The largest absolute Gasteiger partial charge is 0.472 e. The molecule has 0 fully saturated rings. The molecule has 0 aliphatic rings. The van der Waals surface area contributed by atoms with Crippen molar-refractivity contribution in [1.29, 1.82) is 0 Å². The van der Waals surface area contributed by atoms with E-state index in [9.17, 15) is 4.79 Å². The van der Waals surface area contributed by atoms with Crippen LogP contribution in [0.25, 0.3) is 17.1 Å². The smallest absolute Gasteiger partial charge is 0.258 e. The number of carbonyl (C=O) groups is 1. The van der Waals surface area contributed by atoms with Gasteiger partial charge in [0, 0.05) is 18.2 Å². The van der Waals surface area contributed by atoms with E-state index in [0.717, 1.165) is 18.4 Å². The van der Waals surface area contributed by atoms with Crippen molar-refractivity contribution in [2.45, 2.75) is 26.3 Å². The molecule has 0 bridgehead atoms. The van der Waals surface area contributed by atoms with Crippen molar-refractivity contribution in [3.63, 3.8) is 0 Å². The van der Waals surface area contributed by atoms with E-state index < -0.39 is 0 Å². The molecule has 4 aromatic rings. The van der Waals surface area contributed by atoms with Gasteiger partial charge < -0.3 is 14.3 Å². The lowest BCUT2D eigenvalue weighted by molar-refractivity contribution is 0.0949. The first-order chi connectivity index (χ1) is 12.7. The van der Waals surface area contributed by atoms with Gasteiger partial charge in [-0.1, -0.05) is 12.1 Å². The second kappa shape index (κ2) is 6.79. The number of aromatic nitrogens is 5. The minimum atomic E-state index is -0.235. The first kappa shape index (κ1) is 16.0. The number of hydrogen-bond acceptors (Lipinski definition) is 7. The van der Waals surface area contributed by atoms with Gasteiger partial charge in [0.1, 0.15) is 6.26 Å². The summed E-state index contributed by atoms with van der Waals surface area (Å²) >= 11 is 0. The van der Waals surface area contributed by atoms with Gasteiger partial charge in [-0.15, -0.1) is 10.2 Å². The molecule has 0 aliphatic heterocycles. The van der Waals surface area contributed by atoms with Crippen LogP contribution in [0, 0.1) is 0 Å². The molecular weight excluding hydrogens is 336 g/mol. The molecule has 0 atom stereocenters. The van der Waals surface area contributed by atoms with E-state index in [1.54, 1.807) is 10.5 Å². The zero-order chi connectivity index (χ0) is 17.9. The molecule has 0 aliphatic carbocycles. The molecule has 0 saturated carbocycles. The van der Waals surface area contributed by atoms with E-state index in [0.29, 0.717) is 28.8 Å². The van der Waals surface area contributed by atoms with Crippen LogP contribution in [0.2, 0.25) is 0 Å². The van der Waals surface area contributed by atoms with Crippen LogP contribution in [0.5, 0.6) is 0 Å². The number of carbonyl (C=O) groups excluding carboxylic acids is 1. The van der Waals surface area contributed by atoms with Crippen molar-refractivity contribution in [3.05, 3.63) is 54.1 Å². The predicted molar refractivity (Wildman–Crippen MR) is 90.2 cm³/mol. The minimum absolute atomic E-state index is 0.235. The van der Waals surface area contributed by atoms with Crippen LogP contribution < -0.4 is 5.32 Å². The quantitative estimate of drug-likeness (QED) is 0.566. The maximum atomic E-state index is 12.0. The molecule has 0 unspecified atom stereocenters. The summed E-state index contributed by atoms with van der Waals surface area (Å²) in [5.41, 5.74) is 1.86. The van der Waals surface area contributed by atoms with Crippen molar-refractivity contribution in [1.82, 2.24) is 30.1 Å². The number of nitrogens with zero attached hydrogens (tertiary/aromatic N) is 5. The molecule has 9 nitrogen and oxygen atoms in total. The summed E-state index contributed by atoms with van der Waals surface area (Å²) in [6.07, 6.45) is 6.38. The van der Waals surface area contributed by atoms with Crippen LogP contribution in [0.3, 0.4) is 0 Å². The average molecular weight is 352 g/mol. The standard InChI is InChI=1S/C17H16N6O3/c1-2-3-13-19-17(26-22-13)11-4-6-23-14(8-11)20-21-15(23)9-18-16(24)12-5-7-25-10-12/h4-8,10H,2-3,9H2,1H3,(H,18,24). The van der Waals surface area contributed by atoms with E-state index >= 15 is 0 Å². The molecule has 1 N–H and O–H groups in total. The average Bonchev–Trinajstić information content (AvgIpc) is 3.40. The molecule has 4 aromatic heterocycles. The molecule has 4 heterocycles. The summed E-state index contributed by atoms with van der Waals surface area (Å²) in [5, 5.41) is 15.0. The molecule has 26 heavy (non-hydrogen) atoms. The SMILES string of the molecule is CCCc1noc(-c2ccn3c(CNC(=O)c4ccoc4)nnc3c2)n1. The Morgan fingerprint density at radius 3 is 3.04 bits per heavy atom. The first-order valence-corrected chi connectivity index (χ1v) is 8.21. The Bertz CT molecular complexity index is 1030. The topological polar surface area (TPSA) is 111 Å². The Morgan fingerprint density at radius 2 is 2.23 bits per heavy atom. The number of rotatable bonds is 6. The van der Waals surface area contributed by atoms with Crippen molar-refractivity contribution >= 4 is 11.6 Å². The highest BCUT2D eigenvalue weighted by Gasteiger charge is 2.13. The molecule has 1 amide bonds. The summed E-state index contributed by atoms with van der Waals surface area (Å²) in [6.45, 7) is 2.30. The number of nitrogens with one attached hydrogen (secondary N) is 1. The monoisotopic (exact) mass is 352 g/mol. The van der Waals surface area contributed by atoms with Gasteiger partial charge in [-0.05, 0) is 24.6 Å². The Kier molecular flexibility index (Phi) is 4.18. The molecular formula is C17H16N6O3. The molecule has 0 saturated heterocycles. The Labute approximate surface area is 148 Å². The maximum Gasteiger partial charge on any atom is 0.258 e. The fourth-order valence-electron chi connectivity index (χ4n) is 2.55. The second-order valence-corrected chi connectivity index (χ2v) is 5.72. The van der Waals surface area contributed by atoms with Crippen molar-refractivity contribution in [3.8, 4) is 11.5 Å². The highest BCUT2D eigenvalue weighted by Crippen LogP contribution is 2.19. The van der Waals surface area contributed by atoms with Gasteiger partial charge in [0.25, 0.3) is 11.8 Å². The van der Waals surface area contributed by atoms with Crippen molar-refractivity contribution in [2.75, 3.05) is 0 Å². The van der Waals surface area contributed by atoms with Gasteiger partial charge in [-0.3, -0.25) is 9.20 Å². The second-order valence-electron chi connectivity index (χ2n) is 5.72. The normalized spacial score (nSPS) is 11.1. The summed E-state index contributed by atoms with van der Waals surface area (Å²) < 4.78 is 12.0. The highest BCUT2D eigenvalue weighted by atomic mass is 16.5. The summed E-state index contributed by atoms with van der Waals surface area (Å²) in [7, 11) is 0. The fourth-order valence-corrected chi connectivity index (χ4v) is 2.55. The number of amides is 1. The number of pyridine rings is 1. The molecule has 9 heteroatoms. The number of fused-ring (bicyclic) bond motifs is 1. The molecule has 0 spiro atoms.